The van der Waals surface area contributed by atoms with Gasteiger partial charge in [-0.1, -0.05) is 42.5 Å². The molecular formula is C17H13N3O2S2. The third kappa shape index (κ3) is 3.58. The van der Waals surface area contributed by atoms with Crippen LogP contribution >= 0.6 is 23.6 Å². The van der Waals surface area contributed by atoms with Gasteiger partial charge < -0.3 is 0 Å². The van der Waals surface area contributed by atoms with Gasteiger partial charge in [-0.25, -0.2) is 0 Å². The maximum atomic E-state index is 12.4. The summed E-state index contributed by atoms with van der Waals surface area (Å²) in [6.45, 7) is 0. The second kappa shape index (κ2) is 7.20. The molecule has 0 unspecified atom stereocenters. The normalized spacial score (nSPS) is 10.2. The quantitative estimate of drug-likeness (QED) is 0.488. The van der Waals surface area contributed by atoms with Crippen molar-refractivity contribution in [3.05, 3.63) is 70.4 Å². The fraction of sp³-hybridized carbons (Fsp3) is 0. The number of thiocarbonyl (C=S) groups is 1. The van der Waals surface area contributed by atoms with Crippen LogP contribution in [0.4, 0.5) is 0 Å². The van der Waals surface area contributed by atoms with Gasteiger partial charge in [-0.05, 0) is 40.5 Å². The lowest BCUT2D eigenvalue weighted by molar-refractivity contribution is 0.0938. The number of benzene rings is 2. The molecule has 0 aliphatic rings. The molecule has 7 heteroatoms. The zero-order valence-corrected chi connectivity index (χ0v) is 14.0. The minimum absolute atomic E-state index is 0.0258. The molecule has 0 radical (unpaired) electrons. The number of nitrogens with one attached hydrogen (secondary N) is 3. The standard InChI is InChI=1S/C17H13N3O2S2/c21-15(13-8-3-6-11-5-1-2-7-12(11)13)18-17(23)20-19-16(22)14-9-4-10-24-14/h1-10H,(H,19,22)(H2,18,20,21,23). The van der Waals surface area contributed by atoms with Crippen molar-refractivity contribution >= 4 is 51.3 Å². The molecule has 2 aromatic carbocycles. The molecule has 24 heavy (non-hydrogen) atoms. The highest BCUT2D eigenvalue weighted by atomic mass is 32.1. The SMILES string of the molecule is O=C(NNC(=S)NC(=O)c1cccc2ccccc12)c1cccs1. The molecular weight excluding hydrogens is 342 g/mol. The van der Waals surface area contributed by atoms with E-state index < -0.39 is 0 Å². The molecule has 0 atom stereocenters. The highest BCUT2D eigenvalue weighted by Gasteiger charge is 2.12. The van der Waals surface area contributed by atoms with Gasteiger partial charge in [0.15, 0.2) is 5.11 Å². The van der Waals surface area contributed by atoms with Crippen LogP contribution in [0.3, 0.4) is 0 Å². The Bertz CT molecular complexity index is 902. The zero-order valence-electron chi connectivity index (χ0n) is 12.4. The van der Waals surface area contributed by atoms with Crippen LogP contribution in [-0.2, 0) is 0 Å². The van der Waals surface area contributed by atoms with Crippen molar-refractivity contribution in [2.24, 2.45) is 0 Å². The van der Waals surface area contributed by atoms with Gasteiger partial charge in [0.2, 0.25) is 0 Å². The molecule has 3 aromatic rings. The largest absolute Gasteiger partial charge is 0.298 e. The van der Waals surface area contributed by atoms with Gasteiger partial charge in [0, 0.05) is 5.56 Å². The lowest BCUT2D eigenvalue weighted by atomic mass is 10.0. The third-order valence-corrected chi connectivity index (χ3v) is 4.37. The summed E-state index contributed by atoms with van der Waals surface area (Å²) in [6.07, 6.45) is 0. The molecule has 1 heterocycles. The molecule has 1 aromatic heterocycles. The van der Waals surface area contributed by atoms with Crippen LogP contribution in [0.25, 0.3) is 10.8 Å². The van der Waals surface area contributed by atoms with Gasteiger partial charge in [0.05, 0.1) is 4.88 Å². The average Bonchev–Trinajstić information content (AvgIpc) is 3.14. The van der Waals surface area contributed by atoms with Crippen molar-refractivity contribution in [2.45, 2.75) is 0 Å². The predicted molar refractivity (Wildman–Crippen MR) is 98.9 cm³/mol. The van der Waals surface area contributed by atoms with Crippen LogP contribution in [0.2, 0.25) is 0 Å². The summed E-state index contributed by atoms with van der Waals surface area (Å²) in [5, 5.41) is 6.19. The first-order chi connectivity index (χ1) is 11.6. The summed E-state index contributed by atoms with van der Waals surface area (Å²) < 4.78 is 0. The van der Waals surface area contributed by atoms with Crippen LogP contribution in [0, 0.1) is 0 Å². The molecule has 3 N–H and O–H groups in total. The Balaban J connectivity index is 1.64. The lowest BCUT2D eigenvalue weighted by Crippen LogP contribution is -2.48. The summed E-state index contributed by atoms with van der Waals surface area (Å²) in [4.78, 5) is 24.7. The number of thiophene rings is 1. The fourth-order valence-corrected chi connectivity index (χ4v) is 2.97. The Labute approximate surface area is 147 Å². The second-order valence-electron chi connectivity index (χ2n) is 4.87. The Kier molecular flexibility index (Phi) is 4.83. The van der Waals surface area contributed by atoms with Gasteiger partial charge in [0.1, 0.15) is 0 Å². The minimum Gasteiger partial charge on any atom is -0.298 e. The molecule has 0 aliphatic carbocycles. The van der Waals surface area contributed by atoms with E-state index >= 15 is 0 Å². The zero-order chi connectivity index (χ0) is 16.9. The summed E-state index contributed by atoms with van der Waals surface area (Å²) in [5.41, 5.74) is 5.49. The molecule has 0 bridgehead atoms. The lowest BCUT2D eigenvalue weighted by Gasteiger charge is -2.11. The number of fused-ring (bicyclic) bond motifs is 1. The van der Waals surface area contributed by atoms with Gasteiger partial charge >= 0.3 is 0 Å². The van der Waals surface area contributed by atoms with Crippen LogP contribution in [-0.4, -0.2) is 16.9 Å². The predicted octanol–water partition coefficient (Wildman–Crippen LogP) is 2.85. The maximum Gasteiger partial charge on any atom is 0.279 e. The van der Waals surface area contributed by atoms with E-state index in [1.54, 1.807) is 23.6 Å². The topological polar surface area (TPSA) is 70.2 Å². The summed E-state index contributed by atoms with van der Waals surface area (Å²) in [5.74, 6) is -0.651. The van der Waals surface area contributed by atoms with Gasteiger partial charge in [-0.3, -0.25) is 25.8 Å². The van der Waals surface area contributed by atoms with Crippen molar-refractivity contribution in [1.29, 1.82) is 0 Å². The van der Waals surface area contributed by atoms with Crippen LogP contribution in [0.15, 0.2) is 60.0 Å². The first kappa shape index (κ1) is 16.1. The number of hydrogen-bond acceptors (Lipinski definition) is 4. The summed E-state index contributed by atoms with van der Waals surface area (Å²) in [7, 11) is 0. The number of rotatable bonds is 2. The van der Waals surface area contributed by atoms with E-state index in [0.29, 0.717) is 10.4 Å². The second-order valence-corrected chi connectivity index (χ2v) is 6.22. The van der Waals surface area contributed by atoms with Gasteiger partial charge in [-0.2, -0.15) is 0 Å². The molecule has 5 nitrogen and oxygen atoms in total. The van der Waals surface area contributed by atoms with Crippen molar-refractivity contribution in [1.82, 2.24) is 16.2 Å². The van der Waals surface area contributed by atoms with Gasteiger partial charge in [0.25, 0.3) is 11.8 Å². The van der Waals surface area contributed by atoms with E-state index in [1.165, 1.54) is 11.3 Å². The Morgan fingerprint density at radius 3 is 2.46 bits per heavy atom. The summed E-state index contributed by atoms with van der Waals surface area (Å²) in [6, 6.07) is 16.5. The average molecular weight is 355 g/mol. The van der Waals surface area contributed by atoms with Crippen molar-refractivity contribution in [3.8, 4) is 0 Å². The van der Waals surface area contributed by atoms with E-state index in [4.69, 9.17) is 12.2 Å². The first-order valence-corrected chi connectivity index (χ1v) is 8.37. The molecule has 0 fully saturated rings. The fourth-order valence-electron chi connectivity index (χ4n) is 2.21. The highest BCUT2D eigenvalue weighted by Crippen LogP contribution is 2.18. The van der Waals surface area contributed by atoms with Crippen molar-refractivity contribution < 1.29 is 9.59 Å². The number of hydrazine groups is 1. The van der Waals surface area contributed by atoms with E-state index in [1.807, 2.05) is 36.4 Å². The third-order valence-electron chi connectivity index (χ3n) is 3.30. The minimum atomic E-state index is -0.338. The van der Waals surface area contributed by atoms with Gasteiger partial charge in [-0.15, -0.1) is 11.3 Å². The Morgan fingerprint density at radius 2 is 1.67 bits per heavy atom. The molecule has 2 amide bonds. The number of amides is 2. The first-order valence-electron chi connectivity index (χ1n) is 7.08. The molecule has 120 valence electrons. The number of hydrogen-bond donors (Lipinski definition) is 3. The number of carbonyl (C=O) groups is 2. The van der Waals surface area contributed by atoms with Crippen LogP contribution < -0.4 is 16.2 Å². The Hall–Kier alpha value is -2.77. The monoisotopic (exact) mass is 355 g/mol. The van der Waals surface area contributed by atoms with E-state index in [-0.39, 0.29) is 16.9 Å². The molecule has 0 aliphatic heterocycles. The molecule has 0 spiro atoms. The highest BCUT2D eigenvalue weighted by molar-refractivity contribution is 7.80. The van der Waals surface area contributed by atoms with Crippen LogP contribution in [0.1, 0.15) is 20.0 Å². The van der Waals surface area contributed by atoms with E-state index in [9.17, 15) is 9.59 Å². The van der Waals surface area contributed by atoms with E-state index in [2.05, 4.69) is 16.2 Å². The molecule has 3 rings (SSSR count). The smallest absolute Gasteiger partial charge is 0.279 e. The van der Waals surface area contributed by atoms with Crippen molar-refractivity contribution in [2.75, 3.05) is 0 Å². The maximum absolute atomic E-state index is 12.4. The van der Waals surface area contributed by atoms with E-state index in [0.717, 1.165) is 10.8 Å². The molecule has 0 saturated carbocycles. The van der Waals surface area contributed by atoms with Crippen LogP contribution in [0.5, 0.6) is 0 Å². The van der Waals surface area contributed by atoms with Crippen molar-refractivity contribution in [3.63, 3.8) is 0 Å². The Morgan fingerprint density at radius 1 is 0.875 bits per heavy atom. The number of carbonyl (C=O) groups excluding carboxylic acids is 2. The molecule has 0 saturated heterocycles. The summed E-state index contributed by atoms with van der Waals surface area (Å²) >= 11 is 6.36.